The van der Waals surface area contributed by atoms with E-state index in [1.807, 2.05) is 0 Å². The van der Waals surface area contributed by atoms with E-state index in [9.17, 15) is 64.0 Å². The maximum atomic E-state index is 14.6. The number of rotatable bonds is 27. The van der Waals surface area contributed by atoms with Gasteiger partial charge >= 0.3 is 12.2 Å². The molecular formula is C77H96ClF2N19O16S2. The highest BCUT2D eigenvalue weighted by atomic mass is 35.5. The molecule has 14 rings (SSSR count). The second-order valence-electron chi connectivity index (χ2n) is 32.4. The van der Waals surface area contributed by atoms with Crippen LogP contribution in [0.1, 0.15) is 144 Å². The average Bonchev–Trinajstić information content (AvgIpc) is 1.58. The summed E-state index contributed by atoms with van der Waals surface area (Å²) in [6.07, 6.45) is 15.5. The molecule has 40 heteroatoms. The first-order valence-corrected chi connectivity index (χ1v) is 42.2. The number of nitrogens with zero attached hydrogens (tertiary/aromatic N) is 10. The summed E-state index contributed by atoms with van der Waals surface area (Å²) in [5, 5.41) is 19.7. The summed E-state index contributed by atoms with van der Waals surface area (Å²) < 4.78 is 107. The first kappa shape index (κ1) is 85.4. The first-order valence-electron chi connectivity index (χ1n) is 38.7. The largest absolute Gasteiger partial charge is 0.472 e. The molecule has 6 saturated carbocycles. The minimum atomic E-state index is -3.94. The van der Waals surface area contributed by atoms with Crippen LogP contribution in [0.5, 0.6) is 11.8 Å². The molecule has 8 fully saturated rings. The van der Waals surface area contributed by atoms with Crippen molar-refractivity contribution in [3.05, 3.63) is 134 Å². The minimum absolute atomic E-state index is 0.0127. The number of carbonyl (C=O) groups is 8. The van der Waals surface area contributed by atoms with E-state index in [-0.39, 0.29) is 85.6 Å². The van der Waals surface area contributed by atoms with Crippen molar-refractivity contribution in [2.24, 2.45) is 22.7 Å². The molecule has 35 nitrogen and oxygen atoms in total. The third-order valence-corrected chi connectivity index (χ3v) is 25.1. The van der Waals surface area contributed by atoms with Crippen LogP contribution in [-0.4, -0.2) is 202 Å². The Morgan fingerprint density at radius 1 is 0.590 bits per heavy atom. The fourth-order valence-electron chi connectivity index (χ4n) is 14.4. The molecular weight excluding hydrogens is 1580 g/mol. The molecule has 4 aromatic heterocycles. The standard InChI is InChI=1S/C38H47FN10O8S.C36H45ClFN7O8S.C3H4N2/c1-5-22-18-38(22,34(52)47-58(54,55)27-14-15-27)46-32(50)28-16-26(19-48(28)33(51)31(37(2,3)4)45-36(53)57-25-8-6-7-9-25)56-30-17-29(49-21-40-20-41-49)43-35(44-30)42-24-12-10-23(39)11-13-24;1-5-20-18-36(20,32(48)44-54(50,51)25-14-15-25)43-30(46)26-16-24(52-28-17-27(37)40-33(41-28)39-22-12-10-21(38)11-13-22)19-45(26)31(47)29(35(2,3)4)42-34(49)53-23-8-6-7-9-23;1-2-5-3-4-1/h5,10-13,17,20-22,25-28,31H,1,6-9,14-16,18-19H2,2-4H3,(H,45,53)(H,46,50)(H,47,52)(H,42,43,44);5,10-13,17,20,23-26,29H,1,6-9,14-16,18-19H2,2-4H3,(H,42,49)(H,43,46)(H,44,48)(H,39,40,41);1-3H,(H,4,5)/t22-,26-,28+,31-,38-;20-,24-,26+,29-,36-;/m11./s1. The van der Waals surface area contributed by atoms with Crippen LogP contribution in [0.15, 0.2) is 117 Å². The lowest BCUT2D eigenvalue weighted by Gasteiger charge is -2.35. The Kier molecular flexibility index (Phi) is 25.9. The highest BCUT2D eigenvalue weighted by Crippen LogP contribution is 2.47. The zero-order valence-corrected chi connectivity index (χ0v) is 67.7. The summed E-state index contributed by atoms with van der Waals surface area (Å²) in [6.45, 7) is 17.8. The molecule has 0 bridgehead atoms. The number of H-pyrrole nitrogens is 1. The number of nitrogens with one attached hydrogen (secondary N) is 9. The number of alkyl carbamates (subject to hydrolysis) is 2. The van der Waals surface area contributed by atoms with E-state index in [0.717, 1.165) is 51.4 Å². The molecule has 628 valence electrons. The van der Waals surface area contributed by atoms with Crippen LogP contribution in [0.4, 0.5) is 41.6 Å². The molecule has 2 aromatic carbocycles. The zero-order valence-electron chi connectivity index (χ0n) is 65.3. The van der Waals surface area contributed by atoms with Gasteiger partial charge in [0.1, 0.15) is 89.1 Å². The number of carbonyl (C=O) groups excluding carboxylic acids is 8. The first-order chi connectivity index (χ1) is 55.5. The van der Waals surface area contributed by atoms with E-state index in [1.54, 1.807) is 60.3 Å². The third kappa shape index (κ3) is 21.6. The summed E-state index contributed by atoms with van der Waals surface area (Å²) in [5.41, 5.74) is -3.94. The van der Waals surface area contributed by atoms with Crippen molar-refractivity contribution in [3.8, 4) is 17.6 Å². The van der Waals surface area contributed by atoms with E-state index in [4.69, 9.17) is 30.5 Å². The van der Waals surface area contributed by atoms with Gasteiger partial charge in [0.2, 0.25) is 67.3 Å². The Labute approximate surface area is 679 Å². The maximum Gasteiger partial charge on any atom is 0.408 e. The minimum Gasteiger partial charge on any atom is -0.472 e. The van der Waals surface area contributed by atoms with Gasteiger partial charge in [-0.15, -0.1) is 13.2 Å². The molecule has 2 aliphatic heterocycles. The van der Waals surface area contributed by atoms with Crippen LogP contribution in [0.3, 0.4) is 0 Å². The fraction of sp³-hybridized carbons (Fsp3) is 0.519. The Morgan fingerprint density at radius 2 is 1.02 bits per heavy atom. The molecule has 6 aliphatic carbocycles. The fourth-order valence-corrected chi connectivity index (χ4v) is 17.3. The number of likely N-dealkylation sites (tertiary alicyclic amines) is 2. The second-order valence-corrected chi connectivity index (χ2v) is 36.8. The number of imidazole rings is 1. The van der Waals surface area contributed by atoms with Crippen LogP contribution in [-0.2, 0) is 58.3 Å². The van der Waals surface area contributed by atoms with Gasteiger partial charge in [0.25, 0.3) is 11.8 Å². The lowest BCUT2D eigenvalue weighted by Crippen LogP contribution is -2.60. The molecule has 117 heavy (non-hydrogen) atoms. The van der Waals surface area contributed by atoms with E-state index < -0.39 is 160 Å². The highest BCUT2D eigenvalue weighted by Gasteiger charge is 2.64. The van der Waals surface area contributed by atoms with Gasteiger partial charge in [-0.25, -0.2) is 54.8 Å². The van der Waals surface area contributed by atoms with Crippen molar-refractivity contribution in [3.63, 3.8) is 0 Å². The van der Waals surface area contributed by atoms with Crippen molar-refractivity contribution in [2.45, 2.75) is 214 Å². The van der Waals surface area contributed by atoms with E-state index in [2.05, 4.69) is 94.5 Å². The van der Waals surface area contributed by atoms with Gasteiger partial charge in [0.15, 0.2) is 5.82 Å². The summed E-state index contributed by atoms with van der Waals surface area (Å²) in [5.74, 6) is -5.99. The monoisotopic (exact) mass is 1680 g/mol. The Balaban J connectivity index is 0.000000203. The van der Waals surface area contributed by atoms with E-state index >= 15 is 0 Å². The van der Waals surface area contributed by atoms with Crippen molar-refractivity contribution in [1.82, 2.24) is 85.2 Å². The number of anilines is 4. The van der Waals surface area contributed by atoms with Crippen molar-refractivity contribution in [2.75, 3.05) is 23.7 Å². The average molecular weight is 1680 g/mol. The predicted octanol–water partition coefficient (Wildman–Crippen LogP) is 7.56. The van der Waals surface area contributed by atoms with E-state index in [1.165, 1.54) is 100.0 Å². The second kappa shape index (κ2) is 35.5. The van der Waals surface area contributed by atoms with E-state index in [0.29, 0.717) is 37.1 Å². The summed E-state index contributed by atoms with van der Waals surface area (Å²) >= 11 is 6.29. The van der Waals surface area contributed by atoms with Crippen LogP contribution in [0.25, 0.3) is 5.82 Å². The number of hydrogen-bond donors (Lipinski definition) is 9. The smallest absolute Gasteiger partial charge is 0.408 e. The number of ether oxygens (including phenoxy) is 4. The predicted molar refractivity (Wildman–Crippen MR) is 420 cm³/mol. The molecule has 8 amide bonds. The van der Waals surface area contributed by atoms with Crippen LogP contribution < -0.4 is 50.8 Å². The lowest BCUT2D eigenvalue weighted by molar-refractivity contribution is -0.143. The lowest BCUT2D eigenvalue weighted by atomic mass is 9.85. The number of aromatic nitrogens is 9. The molecule has 2 saturated heterocycles. The summed E-state index contributed by atoms with van der Waals surface area (Å²) in [6, 6.07) is 9.12. The van der Waals surface area contributed by atoms with Gasteiger partial charge in [-0.3, -0.25) is 38.2 Å². The Hall–Kier alpha value is -11.0. The Morgan fingerprint density at radius 3 is 1.38 bits per heavy atom. The maximum absolute atomic E-state index is 14.6. The molecule has 6 heterocycles. The number of amides is 8. The molecule has 10 atom stereocenters. The molecule has 9 N–H and O–H groups in total. The van der Waals surface area contributed by atoms with Crippen LogP contribution in [0.2, 0.25) is 5.15 Å². The van der Waals surface area contributed by atoms with Gasteiger partial charge in [-0.05, 0) is 149 Å². The zero-order chi connectivity index (χ0) is 83.9. The van der Waals surface area contributed by atoms with Gasteiger partial charge in [0.05, 0.1) is 29.9 Å². The summed E-state index contributed by atoms with van der Waals surface area (Å²) in [4.78, 5) is 141. The molecule has 0 spiro atoms. The SMILES string of the molecule is C=C[C@@H]1C[C@]1(NC(=O)[C@@H]1C[C@@H](Oc2cc(-n3cncn3)nc(Nc3ccc(F)cc3)n2)CN1C(=O)[C@@H](NC(=O)OC1CCCC1)C(C)(C)C)C(=O)NS(=O)(=O)C1CC1.C=C[C@@H]1C[C@]1(NC(=O)[C@@H]1C[C@@H](Oc2cc(Cl)nc(Nc3ccc(F)cc3)n2)CN1C(=O)[C@@H](NC(=O)OC1CCCC1)C(C)(C)C)C(=O)NS(=O)(=O)C1CC1.c1c[nH]cn1. The molecule has 6 aromatic rings. The van der Waals surface area contributed by atoms with Gasteiger partial charge < -0.3 is 65.6 Å². The third-order valence-electron chi connectivity index (χ3n) is 21.3. The van der Waals surface area contributed by atoms with Crippen molar-refractivity contribution >= 4 is 103 Å². The molecule has 0 radical (unpaired) electrons. The number of aromatic amines is 1. The topological polar surface area (TPSA) is 455 Å². The van der Waals surface area contributed by atoms with Crippen LogP contribution >= 0.6 is 11.6 Å². The molecule has 0 unspecified atom stereocenters. The quantitative estimate of drug-likeness (QED) is 0.0177. The van der Waals surface area contributed by atoms with Crippen molar-refractivity contribution in [1.29, 1.82) is 0 Å². The van der Waals surface area contributed by atoms with Gasteiger partial charge in [-0.1, -0.05) is 65.3 Å². The highest BCUT2D eigenvalue weighted by molar-refractivity contribution is 7.91. The number of benzene rings is 2. The number of halogens is 3. The Bertz CT molecular complexity index is 4860. The number of sulfonamides is 2. The normalized spacial score (nSPS) is 23.5. The summed E-state index contributed by atoms with van der Waals surface area (Å²) in [7, 11) is -7.87. The van der Waals surface area contributed by atoms with Gasteiger partial charge in [-0.2, -0.15) is 20.1 Å². The van der Waals surface area contributed by atoms with Crippen molar-refractivity contribution < 1.29 is 82.9 Å². The van der Waals surface area contributed by atoms with Gasteiger partial charge in [0, 0.05) is 60.6 Å². The van der Waals surface area contributed by atoms with Crippen LogP contribution in [0, 0.1) is 34.3 Å². The molecule has 8 aliphatic rings. The number of hydrogen-bond acceptors (Lipinski definition) is 25.